The minimum absolute atomic E-state index is 0.0288. The van der Waals surface area contributed by atoms with Gasteiger partial charge in [-0.1, -0.05) is 26.8 Å². The summed E-state index contributed by atoms with van der Waals surface area (Å²) in [4.78, 5) is 19.7. The van der Waals surface area contributed by atoms with E-state index in [9.17, 15) is 4.79 Å². The molecule has 1 amide bonds. The van der Waals surface area contributed by atoms with E-state index in [-0.39, 0.29) is 17.4 Å². The summed E-state index contributed by atoms with van der Waals surface area (Å²) in [6, 6.07) is 5.53. The number of rotatable bonds is 4. The fourth-order valence-corrected chi connectivity index (χ4v) is 3.97. The number of hydrogen-bond acceptors (Lipinski definition) is 6. The Labute approximate surface area is 158 Å². The third kappa shape index (κ3) is 3.82. The average molecular weight is 375 g/mol. The number of carbonyl (C=O) groups excluding carboxylic acids is 1. The normalized spacial score (nSPS) is 17.4. The SMILES string of the molecule is COc1ccc(C)cc1NC(=O)C1CCCN1c1nc(C(C)(C)C)ns1. The van der Waals surface area contributed by atoms with E-state index in [4.69, 9.17) is 4.74 Å². The highest BCUT2D eigenvalue weighted by Gasteiger charge is 2.34. The third-order valence-corrected chi connectivity index (χ3v) is 5.25. The molecule has 2 aromatic rings. The second kappa shape index (κ2) is 7.23. The van der Waals surface area contributed by atoms with E-state index in [2.05, 4.69) is 40.3 Å². The standard InChI is InChI=1S/C19H26N4O2S/c1-12-8-9-15(25-5)13(11-12)20-16(24)14-7-6-10-23(14)18-21-17(22-26-18)19(2,3)4/h8-9,11,14H,6-7,10H2,1-5H3,(H,20,24). The predicted octanol–water partition coefficient (Wildman–Crippen LogP) is 3.76. The first-order valence-electron chi connectivity index (χ1n) is 8.86. The van der Waals surface area contributed by atoms with Crippen molar-refractivity contribution in [2.45, 2.75) is 52.0 Å². The molecule has 3 rings (SSSR count). The number of ether oxygens (including phenoxy) is 1. The Kier molecular flexibility index (Phi) is 5.18. The minimum Gasteiger partial charge on any atom is -0.495 e. The highest BCUT2D eigenvalue weighted by molar-refractivity contribution is 7.09. The van der Waals surface area contributed by atoms with Crippen molar-refractivity contribution in [1.29, 1.82) is 0 Å². The molecule has 6 nitrogen and oxygen atoms in total. The van der Waals surface area contributed by atoms with Gasteiger partial charge < -0.3 is 15.0 Å². The van der Waals surface area contributed by atoms with Gasteiger partial charge in [0.25, 0.3) is 0 Å². The fraction of sp³-hybridized carbons (Fsp3) is 0.526. The zero-order valence-corrected chi connectivity index (χ0v) is 16.8. The van der Waals surface area contributed by atoms with Crippen LogP contribution in [0.4, 0.5) is 10.8 Å². The molecular formula is C19H26N4O2S. The maximum atomic E-state index is 12.9. The first kappa shape index (κ1) is 18.6. The van der Waals surface area contributed by atoms with Crippen LogP contribution in [0, 0.1) is 6.92 Å². The summed E-state index contributed by atoms with van der Waals surface area (Å²) in [6.07, 6.45) is 1.78. The van der Waals surface area contributed by atoms with Crippen LogP contribution in [-0.4, -0.2) is 35.0 Å². The molecule has 1 aromatic heterocycles. The average Bonchev–Trinajstić information content (AvgIpc) is 3.23. The van der Waals surface area contributed by atoms with Gasteiger partial charge in [-0.15, -0.1) is 0 Å². The van der Waals surface area contributed by atoms with Gasteiger partial charge in [-0.3, -0.25) is 4.79 Å². The molecule has 1 aromatic carbocycles. The Bertz CT molecular complexity index is 797. The van der Waals surface area contributed by atoms with Crippen molar-refractivity contribution in [2.75, 3.05) is 23.9 Å². The minimum atomic E-state index is -0.235. The number of hydrogen-bond donors (Lipinski definition) is 1. The molecule has 140 valence electrons. The number of methoxy groups -OCH3 is 1. The highest BCUT2D eigenvalue weighted by Crippen LogP contribution is 2.32. The topological polar surface area (TPSA) is 67.3 Å². The monoisotopic (exact) mass is 374 g/mol. The Hall–Kier alpha value is -2.15. The molecule has 1 unspecified atom stereocenters. The lowest BCUT2D eigenvalue weighted by molar-refractivity contribution is -0.117. The van der Waals surface area contributed by atoms with Gasteiger partial charge in [-0.2, -0.15) is 4.37 Å². The van der Waals surface area contributed by atoms with Crippen molar-refractivity contribution in [2.24, 2.45) is 0 Å². The second-order valence-electron chi connectivity index (χ2n) is 7.69. The van der Waals surface area contributed by atoms with Crippen molar-refractivity contribution in [3.8, 4) is 5.75 Å². The molecule has 2 heterocycles. The van der Waals surface area contributed by atoms with Gasteiger partial charge in [-0.05, 0) is 37.5 Å². The summed E-state index contributed by atoms with van der Waals surface area (Å²) in [5.41, 5.74) is 1.68. The van der Waals surface area contributed by atoms with Crippen LogP contribution in [0.2, 0.25) is 0 Å². The van der Waals surface area contributed by atoms with Crippen LogP contribution in [0.5, 0.6) is 5.75 Å². The maximum absolute atomic E-state index is 12.9. The molecule has 1 aliphatic heterocycles. The summed E-state index contributed by atoms with van der Waals surface area (Å²) in [5, 5.41) is 3.85. The van der Waals surface area contributed by atoms with E-state index < -0.39 is 0 Å². The first-order chi connectivity index (χ1) is 12.3. The van der Waals surface area contributed by atoms with Gasteiger partial charge in [0, 0.05) is 23.5 Å². The zero-order valence-electron chi connectivity index (χ0n) is 16.0. The van der Waals surface area contributed by atoms with Crippen LogP contribution in [0.25, 0.3) is 0 Å². The predicted molar refractivity (Wildman–Crippen MR) is 105 cm³/mol. The van der Waals surface area contributed by atoms with Crippen LogP contribution >= 0.6 is 11.5 Å². The maximum Gasteiger partial charge on any atom is 0.247 e. The molecule has 7 heteroatoms. The number of amides is 1. The number of aromatic nitrogens is 2. The molecule has 0 aliphatic carbocycles. The van der Waals surface area contributed by atoms with E-state index >= 15 is 0 Å². The Balaban J connectivity index is 1.79. The van der Waals surface area contributed by atoms with Crippen LogP contribution in [0.15, 0.2) is 18.2 Å². The summed E-state index contributed by atoms with van der Waals surface area (Å²) >= 11 is 1.37. The van der Waals surface area contributed by atoms with Crippen LogP contribution in [0.3, 0.4) is 0 Å². The van der Waals surface area contributed by atoms with E-state index in [1.54, 1.807) is 7.11 Å². The van der Waals surface area contributed by atoms with Gasteiger partial charge in [0.15, 0.2) is 0 Å². The van der Waals surface area contributed by atoms with Crippen LogP contribution in [-0.2, 0) is 10.2 Å². The largest absolute Gasteiger partial charge is 0.495 e. The van der Waals surface area contributed by atoms with E-state index in [1.165, 1.54) is 11.5 Å². The lowest BCUT2D eigenvalue weighted by atomic mass is 9.96. The zero-order chi connectivity index (χ0) is 18.9. The lowest BCUT2D eigenvalue weighted by Crippen LogP contribution is -2.39. The number of benzene rings is 1. The molecule has 0 radical (unpaired) electrons. The van der Waals surface area contributed by atoms with Crippen LogP contribution < -0.4 is 15.0 Å². The number of carbonyl (C=O) groups is 1. The third-order valence-electron chi connectivity index (χ3n) is 4.50. The molecule has 0 spiro atoms. The van der Waals surface area contributed by atoms with Crippen molar-refractivity contribution >= 4 is 28.3 Å². The van der Waals surface area contributed by atoms with Gasteiger partial charge >= 0.3 is 0 Å². The molecule has 1 saturated heterocycles. The molecule has 1 N–H and O–H groups in total. The number of nitrogens with one attached hydrogen (secondary N) is 1. The smallest absolute Gasteiger partial charge is 0.247 e. The van der Waals surface area contributed by atoms with Gasteiger partial charge in [0.1, 0.15) is 17.6 Å². The number of aryl methyl sites for hydroxylation is 1. The number of anilines is 2. The van der Waals surface area contributed by atoms with Gasteiger partial charge in [0.2, 0.25) is 11.0 Å². The van der Waals surface area contributed by atoms with Crippen molar-refractivity contribution in [1.82, 2.24) is 9.36 Å². The van der Waals surface area contributed by atoms with E-state index in [1.807, 2.05) is 25.1 Å². The molecule has 0 bridgehead atoms. The fourth-order valence-electron chi connectivity index (χ4n) is 3.04. The molecule has 1 fully saturated rings. The second-order valence-corrected chi connectivity index (χ2v) is 8.43. The van der Waals surface area contributed by atoms with E-state index in [0.29, 0.717) is 11.4 Å². The summed E-state index contributed by atoms with van der Waals surface area (Å²) in [6.45, 7) is 9.10. The Morgan fingerprint density at radius 2 is 2.15 bits per heavy atom. The highest BCUT2D eigenvalue weighted by atomic mass is 32.1. The lowest BCUT2D eigenvalue weighted by Gasteiger charge is -2.23. The molecule has 0 saturated carbocycles. The molecule has 26 heavy (non-hydrogen) atoms. The quantitative estimate of drug-likeness (QED) is 0.882. The summed E-state index contributed by atoms with van der Waals surface area (Å²) < 4.78 is 9.85. The molecule has 1 aliphatic rings. The molecule has 1 atom stereocenters. The van der Waals surface area contributed by atoms with E-state index in [0.717, 1.165) is 35.9 Å². The Morgan fingerprint density at radius 3 is 2.81 bits per heavy atom. The Morgan fingerprint density at radius 1 is 1.38 bits per heavy atom. The molecular weight excluding hydrogens is 348 g/mol. The van der Waals surface area contributed by atoms with Gasteiger partial charge in [-0.25, -0.2) is 4.98 Å². The summed E-state index contributed by atoms with van der Waals surface area (Å²) in [7, 11) is 1.61. The first-order valence-corrected chi connectivity index (χ1v) is 9.63. The van der Waals surface area contributed by atoms with Gasteiger partial charge in [0.05, 0.1) is 12.8 Å². The van der Waals surface area contributed by atoms with Crippen molar-refractivity contribution < 1.29 is 9.53 Å². The van der Waals surface area contributed by atoms with Crippen molar-refractivity contribution in [3.63, 3.8) is 0 Å². The summed E-state index contributed by atoms with van der Waals surface area (Å²) in [5.74, 6) is 1.46. The van der Waals surface area contributed by atoms with Crippen molar-refractivity contribution in [3.05, 3.63) is 29.6 Å². The number of nitrogens with zero attached hydrogens (tertiary/aromatic N) is 3. The van der Waals surface area contributed by atoms with Crippen LogP contribution in [0.1, 0.15) is 45.0 Å².